The zero-order valence-corrected chi connectivity index (χ0v) is 18.0. The molecule has 8 nitrogen and oxygen atoms in total. The van der Waals surface area contributed by atoms with Crippen molar-refractivity contribution in [1.29, 1.82) is 0 Å². The van der Waals surface area contributed by atoms with E-state index in [9.17, 15) is 28.1 Å². The lowest BCUT2D eigenvalue weighted by molar-refractivity contribution is -0.384. The first-order chi connectivity index (χ1) is 15.6. The highest BCUT2D eigenvalue weighted by atomic mass is 19.4. The fourth-order valence-corrected chi connectivity index (χ4v) is 3.48. The third kappa shape index (κ3) is 5.73. The van der Waals surface area contributed by atoms with Gasteiger partial charge in [0, 0.05) is 44.4 Å². The number of nitrogens with zero attached hydrogens (tertiary/aromatic N) is 3. The molecule has 1 fully saturated rings. The van der Waals surface area contributed by atoms with Crippen molar-refractivity contribution in [2.75, 3.05) is 45.3 Å². The van der Waals surface area contributed by atoms with E-state index in [2.05, 4.69) is 0 Å². The monoisotopic (exact) mass is 465 g/mol. The molecule has 1 saturated heterocycles. The minimum absolute atomic E-state index is 0.0964. The number of anilines is 1. The summed E-state index contributed by atoms with van der Waals surface area (Å²) in [5.74, 6) is 0.903. The van der Waals surface area contributed by atoms with Crippen LogP contribution in [0.25, 0.3) is 6.08 Å². The molecule has 176 valence electrons. The second-order valence-corrected chi connectivity index (χ2v) is 7.25. The summed E-state index contributed by atoms with van der Waals surface area (Å²) in [6, 6.07) is 7.66. The second-order valence-electron chi connectivity index (χ2n) is 7.25. The Morgan fingerprint density at radius 3 is 2.15 bits per heavy atom. The molecule has 1 aliphatic heterocycles. The van der Waals surface area contributed by atoms with Gasteiger partial charge in [-0.15, -0.1) is 0 Å². The van der Waals surface area contributed by atoms with E-state index in [0.29, 0.717) is 23.1 Å². The Balaban J connectivity index is 1.68. The molecule has 0 radical (unpaired) electrons. The van der Waals surface area contributed by atoms with E-state index in [1.54, 1.807) is 34.1 Å². The van der Waals surface area contributed by atoms with Crippen LogP contribution in [-0.2, 0) is 11.0 Å². The number of alkyl halides is 3. The number of nitro groups is 1. The summed E-state index contributed by atoms with van der Waals surface area (Å²) < 4.78 is 49.2. The smallest absolute Gasteiger partial charge is 0.416 e. The molecule has 1 heterocycles. The lowest BCUT2D eigenvalue weighted by atomic mass is 10.1. The van der Waals surface area contributed by atoms with Crippen molar-refractivity contribution in [3.8, 4) is 11.5 Å². The van der Waals surface area contributed by atoms with Gasteiger partial charge in [0.25, 0.3) is 5.69 Å². The van der Waals surface area contributed by atoms with Gasteiger partial charge in [0.15, 0.2) is 0 Å². The van der Waals surface area contributed by atoms with E-state index in [0.717, 1.165) is 12.1 Å². The summed E-state index contributed by atoms with van der Waals surface area (Å²) in [6.45, 7) is 1.03. The Kier molecular flexibility index (Phi) is 7.10. The Morgan fingerprint density at radius 2 is 1.64 bits per heavy atom. The summed E-state index contributed by atoms with van der Waals surface area (Å²) in [7, 11) is 3.04. The number of amides is 1. The molecule has 1 amide bonds. The van der Waals surface area contributed by atoms with Crippen LogP contribution in [0.5, 0.6) is 11.5 Å². The maximum atomic E-state index is 12.9. The van der Waals surface area contributed by atoms with Crippen molar-refractivity contribution in [3.63, 3.8) is 0 Å². The second kappa shape index (κ2) is 9.80. The van der Waals surface area contributed by atoms with E-state index < -0.39 is 22.4 Å². The Labute approximate surface area is 188 Å². The highest BCUT2D eigenvalue weighted by molar-refractivity contribution is 5.92. The number of halogens is 3. The van der Waals surface area contributed by atoms with Gasteiger partial charge in [0.05, 0.1) is 24.7 Å². The Hall–Kier alpha value is -3.76. The predicted octanol–water partition coefficient (Wildman–Crippen LogP) is 3.99. The minimum Gasteiger partial charge on any atom is -0.497 e. The van der Waals surface area contributed by atoms with E-state index in [1.165, 1.54) is 20.3 Å². The number of nitro benzene ring substituents is 1. The van der Waals surface area contributed by atoms with E-state index in [4.69, 9.17) is 9.47 Å². The molecule has 0 atom stereocenters. The molecule has 0 unspecified atom stereocenters. The number of piperazine rings is 1. The fraction of sp³-hybridized carbons (Fsp3) is 0.318. The van der Waals surface area contributed by atoms with E-state index in [1.807, 2.05) is 0 Å². The number of carbonyl (C=O) groups excluding carboxylic acids is 1. The maximum absolute atomic E-state index is 12.9. The molecule has 1 aliphatic rings. The number of methoxy groups -OCH3 is 2. The third-order valence-electron chi connectivity index (χ3n) is 5.22. The van der Waals surface area contributed by atoms with Crippen LogP contribution in [0.15, 0.2) is 42.5 Å². The average molecular weight is 465 g/mol. The molecule has 11 heteroatoms. The Morgan fingerprint density at radius 1 is 1.03 bits per heavy atom. The highest BCUT2D eigenvalue weighted by Crippen LogP contribution is 2.36. The van der Waals surface area contributed by atoms with Crippen LogP contribution in [0.2, 0.25) is 0 Å². The standard InChI is InChI=1S/C22H22F3N3O5/c1-32-17-11-15(12-18(14-17)33-2)3-6-21(29)27-9-7-26(8-10-27)19-5-4-16(22(23,24)25)13-20(19)28(30)31/h3-6,11-14H,7-10H2,1-2H3/b6-3+. The third-order valence-corrected chi connectivity index (χ3v) is 5.22. The van der Waals surface area contributed by atoms with Crippen LogP contribution in [0.1, 0.15) is 11.1 Å². The number of benzene rings is 2. The van der Waals surface area contributed by atoms with Crippen LogP contribution >= 0.6 is 0 Å². The van der Waals surface area contributed by atoms with Gasteiger partial charge in [-0.3, -0.25) is 14.9 Å². The molecule has 2 aromatic rings. The van der Waals surface area contributed by atoms with Crippen LogP contribution in [-0.4, -0.2) is 56.1 Å². The first kappa shape index (κ1) is 23.9. The van der Waals surface area contributed by atoms with Gasteiger partial charge in [0.1, 0.15) is 17.2 Å². The number of rotatable bonds is 6. The molecule has 2 aromatic carbocycles. The summed E-state index contributed by atoms with van der Waals surface area (Å²) >= 11 is 0. The zero-order chi connectivity index (χ0) is 24.2. The summed E-state index contributed by atoms with van der Waals surface area (Å²) in [4.78, 5) is 26.3. The van der Waals surface area contributed by atoms with Gasteiger partial charge >= 0.3 is 6.18 Å². The van der Waals surface area contributed by atoms with Crippen molar-refractivity contribution >= 4 is 23.4 Å². The van der Waals surface area contributed by atoms with Gasteiger partial charge in [-0.25, -0.2) is 0 Å². The van der Waals surface area contributed by atoms with Crippen LogP contribution in [0, 0.1) is 10.1 Å². The van der Waals surface area contributed by atoms with Gasteiger partial charge in [-0.05, 0) is 35.9 Å². The molecule has 0 saturated carbocycles. The van der Waals surface area contributed by atoms with Gasteiger partial charge < -0.3 is 19.3 Å². The molecule has 0 aromatic heterocycles. The van der Waals surface area contributed by atoms with Gasteiger partial charge in [0.2, 0.25) is 5.91 Å². The summed E-state index contributed by atoms with van der Waals surface area (Å²) in [6.07, 6.45) is -1.64. The summed E-state index contributed by atoms with van der Waals surface area (Å²) in [5, 5.41) is 11.3. The van der Waals surface area contributed by atoms with Crippen LogP contribution < -0.4 is 14.4 Å². The molecule has 0 N–H and O–H groups in total. The number of hydrogen-bond acceptors (Lipinski definition) is 6. The van der Waals surface area contributed by atoms with Crippen molar-refractivity contribution in [1.82, 2.24) is 4.90 Å². The number of hydrogen-bond donors (Lipinski definition) is 0. The molecule has 3 rings (SSSR count). The Bertz CT molecular complexity index is 1040. The lowest BCUT2D eigenvalue weighted by Crippen LogP contribution is -2.48. The highest BCUT2D eigenvalue weighted by Gasteiger charge is 2.34. The topological polar surface area (TPSA) is 85.2 Å². The quantitative estimate of drug-likeness (QED) is 0.364. The van der Waals surface area contributed by atoms with Gasteiger partial charge in [-0.1, -0.05) is 0 Å². The predicted molar refractivity (Wildman–Crippen MR) is 115 cm³/mol. The zero-order valence-electron chi connectivity index (χ0n) is 18.0. The molecule has 0 aliphatic carbocycles. The molecule has 33 heavy (non-hydrogen) atoms. The first-order valence-corrected chi connectivity index (χ1v) is 9.93. The molecular weight excluding hydrogens is 443 g/mol. The summed E-state index contributed by atoms with van der Waals surface area (Å²) in [5.41, 5.74) is -0.889. The van der Waals surface area contributed by atoms with Crippen molar-refractivity contribution < 1.29 is 32.4 Å². The maximum Gasteiger partial charge on any atom is 0.416 e. The first-order valence-electron chi connectivity index (χ1n) is 9.93. The fourth-order valence-electron chi connectivity index (χ4n) is 3.48. The molecular formula is C22H22F3N3O5. The van der Waals surface area contributed by atoms with Crippen molar-refractivity contribution in [2.24, 2.45) is 0 Å². The van der Waals surface area contributed by atoms with Gasteiger partial charge in [-0.2, -0.15) is 13.2 Å². The normalized spacial score (nSPS) is 14.5. The van der Waals surface area contributed by atoms with Crippen molar-refractivity contribution in [2.45, 2.75) is 6.18 Å². The largest absolute Gasteiger partial charge is 0.497 e. The van der Waals surface area contributed by atoms with E-state index in [-0.39, 0.29) is 37.8 Å². The minimum atomic E-state index is -4.67. The van der Waals surface area contributed by atoms with Crippen LogP contribution in [0.4, 0.5) is 24.5 Å². The number of ether oxygens (including phenoxy) is 2. The molecule has 0 bridgehead atoms. The molecule has 0 spiro atoms. The SMILES string of the molecule is COc1cc(/C=C/C(=O)N2CCN(c3ccc(C(F)(F)F)cc3[N+](=O)[O-])CC2)cc(OC)c1. The average Bonchev–Trinajstić information content (AvgIpc) is 2.81. The lowest BCUT2D eigenvalue weighted by Gasteiger charge is -2.35. The number of carbonyl (C=O) groups is 1. The van der Waals surface area contributed by atoms with E-state index >= 15 is 0 Å². The van der Waals surface area contributed by atoms with Crippen molar-refractivity contribution in [3.05, 3.63) is 63.7 Å². The van der Waals surface area contributed by atoms with Crippen LogP contribution in [0.3, 0.4) is 0 Å².